The lowest BCUT2D eigenvalue weighted by molar-refractivity contribution is 0.382. The van der Waals surface area contributed by atoms with Gasteiger partial charge in [0.2, 0.25) is 0 Å². The van der Waals surface area contributed by atoms with E-state index in [1.807, 2.05) is 0 Å². The maximum Gasteiger partial charge on any atom is 0.00104 e. The van der Waals surface area contributed by atoms with E-state index in [0.717, 1.165) is 5.92 Å². The molecule has 0 aromatic heterocycles. The Hall–Kier alpha value is -0.0400. The van der Waals surface area contributed by atoms with E-state index >= 15 is 0 Å². The Bertz CT molecular complexity index is 131. The fourth-order valence-corrected chi connectivity index (χ4v) is 2.20. The summed E-state index contributed by atoms with van der Waals surface area (Å²) in [5, 5.41) is 3.58. The Kier molecular flexibility index (Phi) is 11.4. The number of nitrogens with one attached hydrogen (secondary N) is 1. The SMILES string of the molecule is CCCCCCCC(CCC)CNC(C)C. The third-order valence-electron chi connectivity index (χ3n) is 3.23. The van der Waals surface area contributed by atoms with E-state index in [-0.39, 0.29) is 0 Å². The molecule has 0 aliphatic rings. The number of hydrogen-bond acceptors (Lipinski definition) is 1. The van der Waals surface area contributed by atoms with Crippen LogP contribution >= 0.6 is 0 Å². The van der Waals surface area contributed by atoms with Gasteiger partial charge in [-0.15, -0.1) is 0 Å². The van der Waals surface area contributed by atoms with Crippen LogP contribution in [-0.4, -0.2) is 12.6 Å². The molecule has 16 heavy (non-hydrogen) atoms. The standard InChI is InChI=1S/C15H33N/c1-5-7-8-9-10-12-15(11-6-2)13-16-14(3)4/h14-16H,5-13H2,1-4H3. The van der Waals surface area contributed by atoms with Crippen molar-refractivity contribution in [2.24, 2.45) is 5.92 Å². The topological polar surface area (TPSA) is 12.0 Å². The first-order valence-corrected chi connectivity index (χ1v) is 7.44. The smallest absolute Gasteiger partial charge is 0.00104 e. The first-order valence-electron chi connectivity index (χ1n) is 7.44. The largest absolute Gasteiger partial charge is 0.314 e. The van der Waals surface area contributed by atoms with Crippen molar-refractivity contribution in [1.29, 1.82) is 0 Å². The lowest BCUT2D eigenvalue weighted by atomic mass is 9.96. The van der Waals surface area contributed by atoms with Crippen molar-refractivity contribution in [1.82, 2.24) is 5.32 Å². The van der Waals surface area contributed by atoms with E-state index in [1.165, 1.54) is 57.9 Å². The van der Waals surface area contributed by atoms with Crippen LogP contribution in [-0.2, 0) is 0 Å². The number of rotatable bonds is 11. The van der Waals surface area contributed by atoms with E-state index in [9.17, 15) is 0 Å². The van der Waals surface area contributed by atoms with Crippen LogP contribution in [0.4, 0.5) is 0 Å². The highest BCUT2D eigenvalue weighted by molar-refractivity contribution is 4.64. The van der Waals surface area contributed by atoms with Crippen molar-refractivity contribution in [3.05, 3.63) is 0 Å². The fourth-order valence-electron chi connectivity index (χ4n) is 2.20. The highest BCUT2D eigenvalue weighted by Gasteiger charge is 2.07. The highest BCUT2D eigenvalue weighted by Crippen LogP contribution is 2.16. The molecule has 0 bridgehead atoms. The van der Waals surface area contributed by atoms with Crippen LogP contribution in [0, 0.1) is 5.92 Å². The maximum absolute atomic E-state index is 3.58. The fraction of sp³-hybridized carbons (Fsp3) is 1.00. The van der Waals surface area contributed by atoms with Crippen molar-refractivity contribution < 1.29 is 0 Å². The Morgan fingerprint density at radius 2 is 1.50 bits per heavy atom. The Balaban J connectivity index is 3.51. The van der Waals surface area contributed by atoms with Gasteiger partial charge in [0.15, 0.2) is 0 Å². The number of hydrogen-bond donors (Lipinski definition) is 1. The molecule has 0 aliphatic carbocycles. The molecule has 0 spiro atoms. The summed E-state index contributed by atoms with van der Waals surface area (Å²) in [6.07, 6.45) is 11.2. The molecule has 0 saturated heterocycles. The molecule has 0 heterocycles. The van der Waals surface area contributed by atoms with Crippen LogP contribution < -0.4 is 5.32 Å². The summed E-state index contributed by atoms with van der Waals surface area (Å²) in [5.41, 5.74) is 0. The van der Waals surface area contributed by atoms with Gasteiger partial charge in [0.1, 0.15) is 0 Å². The molecule has 1 N–H and O–H groups in total. The van der Waals surface area contributed by atoms with Crippen LogP contribution in [0.25, 0.3) is 0 Å². The summed E-state index contributed by atoms with van der Waals surface area (Å²) in [6.45, 7) is 10.3. The average molecular weight is 227 g/mol. The van der Waals surface area contributed by atoms with E-state index in [1.54, 1.807) is 0 Å². The van der Waals surface area contributed by atoms with Gasteiger partial charge in [0.05, 0.1) is 0 Å². The van der Waals surface area contributed by atoms with Crippen LogP contribution in [0.3, 0.4) is 0 Å². The van der Waals surface area contributed by atoms with Gasteiger partial charge >= 0.3 is 0 Å². The predicted molar refractivity (Wildman–Crippen MR) is 74.9 cm³/mol. The lowest BCUT2D eigenvalue weighted by Gasteiger charge is -2.18. The molecule has 0 amide bonds. The molecular formula is C15H33N. The molecule has 1 heteroatoms. The minimum absolute atomic E-state index is 0.638. The Morgan fingerprint density at radius 3 is 2.06 bits per heavy atom. The molecule has 98 valence electrons. The van der Waals surface area contributed by atoms with Crippen molar-refractivity contribution in [2.75, 3.05) is 6.54 Å². The van der Waals surface area contributed by atoms with E-state index < -0.39 is 0 Å². The molecule has 0 aromatic carbocycles. The van der Waals surface area contributed by atoms with Gasteiger partial charge in [-0.25, -0.2) is 0 Å². The van der Waals surface area contributed by atoms with E-state index in [0.29, 0.717) is 6.04 Å². The molecule has 0 rings (SSSR count). The summed E-state index contributed by atoms with van der Waals surface area (Å²) in [7, 11) is 0. The molecule has 0 saturated carbocycles. The summed E-state index contributed by atoms with van der Waals surface area (Å²) in [6, 6.07) is 0.638. The molecule has 0 fully saturated rings. The summed E-state index contributed by atoms with van der Waals surface area (Å²) < 4.78 is 0. The van der Waals surface area contributed by atoms with Gasteiger partial charge in [-0.3, -0.25) is 0 Å². The minimum atomic E-state index is 0.638. The zero-order valence-electron chi connectivity index (χ0n) is 12.0. The van der Waals surface area contributed by atoms with Crippen LogP contribution in [0.15, 0.2) is 0 Å². The first-order chi connectivity index (χ1) is 7.70. The van der Waals surface area contributed by atoms with Crippen molar-refractivity contribution in [3.8, 4) is 0 Å². The zero-order valence-corrected chi connectivity index (χ0v) is 12.0. The van der Waals surface area contributed by atoms with Gasteiger partial charge in [-0.2, -0.15) is 0 Å². The monoisotopic (exact) mass is 227 g/mol. The lowest BCUT2D eigenvalue weighted by Crippen LogP contribution is -2.29. The average Bonchev–Trinajstić information content (AvgIpc) is 2.25. The second-order valence-corrected chi connectivity index (χ2v) is 5.42. The molecule has 1 atom stereocenters. The number of unbranched alkanes of at least 4 members (excludes halogenated alkanes) is 4. The third kappa shape index (κ3) is 10.5. The van der Waals surface area contributed by atoms with Crippen molar-refractivity contribution in [3.63, 3.8) is 0 Å². The van der Waals surface area contributed by atoms with Crippen LogP contribution in [0.2, 0.25) is 0 Å². The minimum Gasteiger partial charge on any atom is -0.314 e. The third-order valence-corrected chi connectivity index (χ3v) is 3.23. The van der Waals surface area contributed by atoms with E-state index in [2.05, 4.69) is 33.0 Å². The second kappa shape index (κ2) is 11.4. The zero-order chi connectivity index (χ0) is 12.2. The Morgan fingerprint density at radius 1 is 0.812 bits per heavy atom. The molecule has 0 radical (unpaired) electrons. The van der Waals surface area contributed by atoms with Gasteiger partial charge in [0.25, 0.3) is 0 Å². The molecule has 0 aromatic rings. The predicted octanol–water partition coefficient (Wildman–Crippen LogP) is 4.76. The van der Waals surface area contributed by atoms with Gasteiger partial charge in [0, 0.05) is 6.04 Å². The van der Waals surface area contributed by atoms with Crippen molar-refractivity contribution in [2.45, 2.75) is 85.1 Å². The van der Waals surface area contributed by atoms with Crippen LogP contribution in [0.1, 0.15) is 79.1 Å². The normalized spacial score (nSPS) is 13.3. The van der Waals surface area contributed by atoms with Gasteiger partial charge < -0.3 is 5.32 Å². The molecule has 0 aliphatic heterocycles. The summed E-state index contributed by atoms with van der Waals surface area (Å²) in [4.78, 5) is 0. The second-order valence-electron chi connectivity index (χ2n) is 5.42. The molecule has 1 nitrogen and oxygen atoms in total. The molecular weight excluding hydrogens is 194 g/mol. The van der Waals surface area contributed by atoms with Gasteiger partial charge in [-0.1, -0.05) is 66.2 Å². The first kappa shape index (κ1) is 16.0. The summed E-state index contributed by atoms with van der Waals surface area (Å²) in [5.74, 6) is 0.911. The van der Waals surface area contributed by atoms with Gasteiger partial charge in [-0.05, 0) is 25.3 Å². The van der Waals surface area contributed by atoms with Crippen LogP contribution in [0.5, 0.6) is 0 Å². The summed E-state index contributed by atoms with van der Waals surface area (Å²) >= 11 is 0. The maximum atomic E-state index is 3.58. The highest BCUT2D eigenvalue weighted by atomic mass is 14.9. The quantitative estimate of drug-likeness (QED) is 0.502. The molecule has 1 unspecified atom stereocenters. The Labute approximate surface area is 103 Å². The van der Waals surface area contributed by atoms with E-state index in [4.69, 9.17) is 0 Å². The van der Waals surface area contributed by atoms with Crippen molar-refractivity contribution >= 4 is 0 Å².